The molecule has 20 heavy (non-hydrogen) atoms. The van der Waals surface area contributed by atoms with Crippen molar-refractivity contribution in [3.8, 4) is 5.75 Å². The molecule has 1 heterocycles. The van der Waals surface area contributed by atoms with Gasteiger partial charge in [0.1, 0.15) is 17.9 Å². The van der Waals surface area contributed by atoms with Crippen molar-refractivity contribution in [1.29, 1.82) is 0 Å². The van der Waals surface area contributed by atoms with Gasteiger partial charge in [0.25, 0.3) is 0 Å². The number of rotatable bonds is 5. The Morgan fingerprint density at radius 2 is 2.05 bits per heavy atom. The summed E-state index contributed by atoms with van der Waals surface area (Å²) in [5.74, 6) is 0.108. The second-order valence-electron chi connectivity index (χ2n) is 5.68. The topological polar surface area (TPSA) is 49.8 Å². The average Bonchev–Trinajstić information content (AvgIpc) is 2.43. The number of aryl methyl sites for hydroxylation is 1. The van der Waals surface area contributed by atoms with Crippen molar-refractivity contribution in [2.45, 2.75) is 38.6 Å². The van der Waals surface area contributed by atoms with Crippen LogP contribution in [0, 0.1) is 6.92 Å². The monoisotopic (exact) mass is 277 g/mol. The number of benzene rings is 1. The van der Waals surface area contributed by atoms with E-state index in [4.69, 9.17) is 4.74 Å². The molecule has 0 saturated carbocycles. The van der Waals surface area contributed by atoms with Crippen LogP contribution >= 0.6 is 0 Å². The summed E-state index contributed by atoms with van der Waals surface area (Å²) in [6.07, 6.45) is 2.76. The van der Waals surface area contributed by atoms with Crippen LogP contribution < -0.4 is 4.74 Å². The molecule has 110 valence electrons. The molecule has 0 aromatic heterocycles. The van der Waals surface area contributed by atoms with Gasteiger partial charge in [-0.2, -0.15) is 0 Å². The van der Waals surface area contributed by atoms with E-state index < -0.39 is 11.5 Å². The number of hydrogen-bond donors (Lipinski definition) is 1. The highest BCUT2D eigenvalue weighted by Crippen LogP contribution is 2.27. The summed E-state index contributed by atoms with van der Waals surface area (Å²) in [6, 6.07) is 7.92. The van der Waals surface area contributed by atoms with Gasteiger partial charge < -0.3 is 9.84 Å². The molecule has 0 spiro atoms. The van der Waals surface area contributed by atoms with Crippen LogP contribution in [-0.4, -0.2) is 41.2 Å². The van der Waals surface area contributed by atoms with E-state index in [2.05, 4.69) is 0 Å². The molecule has 1 unspecified atom stereocenters. The first-order chi connectivity index (χ1) is 9.52. The third kappa shape index (κ3) is 3.31. The molecule has 1 N–H and O–H groups in total. The fourth-order valence-corrected chi connectivity index (χ4v) is 2.69. The maximum Gasteiger partial charge on any atom is 0.323 e. The predicted molar refractivity (Wildman–Crippen MR) is 78.1 cm³/mol. The number of carboxylic acids is 1. The van der Waals surface area contributed by atoms with Crippen molar-refractivity contribution < 1.29 is 14.6 Å². The minimum absolute atomic E-state index is 0.520. The zero-order chi connectivity index (χ0) is 14.6. The van der Waals surface area contributed by atoms with Gasteiger partial charge in [-0.1, -0.05) is 17.7 Å². The van der Waals surface area contributed by atoms with Crippen LogP contribution in [0.5, 0.6) is 5.75 Å². The maximum absolute atomic E-state index is 11.5. The SMILES string of the molecule is Cc1ccc(OCCN2CCCCC2(C)C(=O)O)cc1. The van der Waals surface area contributed by atoms with Crippen molar-refractivity contribution in [3.05, 3.63) is 29.8 Å². The number of ether oxygens (including phenoxy) is 1. The molecular weight excluding hydrogens is 254 g/mol. The predicted octanol–water partition coefficient (Wildman–Crippen LogP) is 2.70. The summed E-state index contributed by atoms with van der Waals surface area (Å²) in [4.78, 5) is 13.5. The highest BCUT2D eigenvalue weighted by atomic mass is 16.5. The summed E-state index contributed by atoms with van der Waals surface area (Å²) in [6.45, 7) is 5.86. The Balaban J connectivity index is 1.88. The highest BCUT2D eigenvalue weighted by Gasteiger charge is 2.40. The Hall–Kier alpha value is -1.55. The van der Waals surface area contributed by atoms with Crippen molar-refractivity contribution in [1.82, 2.24) is 4.90 Å². The lowest BCUT2D eigenvalue weighted by Crippen LogP contribution is -2.56. The lowest BCUT2D eigenvalue weighted by atomic mass is 9.88. The zero-order valence-electron chi connectivity index (χ0n) is 12.3. The third-order valence-corrected chi connectivity index (χ3v) is 4.15. The molecule has 2 rings (SSSR count). The van der Waals surface area contributed by atoms with Crippen LogP contribution in [0.3, 0.4) is 0 Å². The molecule has 0 bridgehead atoms. The number of carboxylic acid groups (broad SMARTS) is 1. The van der Waals surface area contributed by atoms with E-state index in [-0.39, 0.29) is 0 Å². The molecule has 1 aliphatic heterocycles. The van der Waals surface area contributed by atoms with Gasteiger partial charge in [-0.3, -0.25) is 9.69 Å². The van der Waals surface area contributed by atoms with E-state index >= 15 is 0 Å². The first-order valence-electron chi connectivity index (χ1n) is 7.20. The number of aliphatic carboxylic acids is 1. The normalized spacial score (nSPS) is 23.5. The van der Waals surface area contributed by atoms with Crippen molar-refractivity contribution >= 4 is 5.97 Å². The van der Waals surface area contributed by atoms with E-state index in [1.54, 1.807) is 0 Å². The Bertz CT molecular complexity index is 457. The number of likely N-dealkylation sites (tertiary alicyclic amines) is 1. The van der Waals surface area contributed by atoms with Crippen LogP contribution in [0.15, 0.2) is 24.3 Å². The van der Waals surface area contributed by atoms with Crippen LogP contribution in [0.25, 0.3) is 0 Å². The Labute approximate surface area is 120 Å². The van der Waals surface area contributed by atoms with Gasteiger partial charge in [0, 0.05) is 6.54 Å². The number of nitrogens with zero attached hydrogens (tertiary/aromatic N) is 1. The molecule has 0 amide bonds. The molecule has 0 aliphatic carbocycles. The lowest BCUT2D eigenvalue weighted by Gasteiger charge is -2.41. The van der Waals surface area contributed by atoms with Crippen LogP contribution in [-0.2, 0) is 4.79 Å². The first kappa shape index (κ1) is 14.9. The average molecular weight is 277 g/mol. The van der Waals surface area contributed by atoms with Crippen molar-refractivity contribution in [2.24, 2.45) is 0 Å². The Morgan fingerprint density at radius 1 is 1.35 bits per heavy atom. The summed E-state index contributed by atoms with van der Waals surface area (Å²) < 4.78 is 5.70. The summed E-state index contributed by atoms with van der Waals surface area (Å²) in [5, 5.41) is 9.43. The minimum atomic E-state index is -0.741. The molecule has 0 radical (unpaired) electrons. The fraction of sp³-hybridized carbons (Fsp3) is 0.562. The van der Waals surface area contributed by atoms with Crippen LogP contribution in [0.4, 0.5) is 0 Å². The second kappa shape index (κ2) is 6.27. The van der Waals surface area contributed by atoms with Gasteiger partial charge in [0.05, 0.1) is 0 Å². The molecule has 4 heteroatoms. The van der Waals surface area contributed by atoms with Gasteiger partial charge in [0.15, 0.2) is 0 Å². The van der Waals surface area contributed by atoms with E-state index in [1.165, 1.54) is 5.56 Å². The van der Waals surface area contributed by atoms with E-state index in [1.807, 2.05) is 43.0 Å². The standard InChI is InChI=1S/C16H23NO3/c1-13-5-7-14(8-6-13)20-12-11-17-10-4-3-9-16(17,2)15(18)19/h5-8H,3-4,9-12H2,1-2H3,(H,18,19). The quantitative estimate of drug-likeness (QED) is 0.899. The second-order valence-corrected chi connectivity index (χ2v) is 5.68. The molecule has 1 aromatic carbocycles. The van der Waals surface area contributed by atoms with Gasteiger partial charge >= 0.3 is 5.97 Å². The molecule has 1 atom stereocenters. The number of piperidine rings is 1. The van der Waals surface area contributed by atoms with Gasteiger partial charge in [-0.25, -0.2) is 0 Å². The molecule has 1 fully saturated rings. The van der Waals surface area contributed by atoms with Crippen LogP contribution in [0.1, 0.15) is 31.7 Å². The molecule has 4 nitrogen and oxygen atoms in total. The van der Waals surface area contributed by atoms with E-state index in [0.29, 0.717) is 19.6 Å². The lowest BCUT2D eigenvalue weighted by molar-refractivity contribution is -0.153. The van der Waals surface area contributed by atoms with E-state index in [0.717, 1.165) is 25.1 Å². The smallest absolute Gasteiger partial charge is 0.323 e. The highest BCUT2D eigenvalue weighted by molar-refractivity contribution is 5.78. The van der Waals surface area contributed by atoms with Gasteiger partial charge in [-0.05, 0) is 51.8 Å². The van der Waals surface area contributed by atoms with Crippen molar-refractivity contribution in [3.63, 3.8) is 0 Å². The number of hydrogen-bond acceptors (Lipinski definition) is 3. The Kier molecular flexibility index (Phi) is 4.65. The van der Waals surface area contributed by atoms with Gasteiger partial charge in [0.2, 0.25) is 0 Å². The van der Waals surface area contributed by atoms with Gasteiger partial charge in [-0.15, -0.1) is 0 Å². The van der Waals surface area contributed by atoms with Crippen molar-refractivity contribution in [2.75, 3.05) is 19.7 Å². The summed E-state index contributed by atoms with van der Waals surface area (Å²) in [5.41, 5.74) is 0.460. The van der Waals surface area contributed by atoms with Crippen LogP contribution in [0.2, 0.25) is 0 Å². The first-order valence-corrected chi connectivity index (χ1v) is 7.20. The number of carbonyl (C=O) groups is 1. The minimum Gasteiger partial charge on any atom is -0.492 e. The molecule has 1 aromatic rings. The molecule has 1 aliphatic rings. The largest absolute Gasteiger partial charge is 0.492 e. The fourth-order valence-electron chi connectivity index (χ4n) is 2.69. The Morgan fingerprint density at radius 3 is 2.70 bits per heavy atom. The van der Waals surface area contributed by atoms with E-state index in [9.17, 15) is 9.90 Å². The summed E-state index contributed by atoms with van der Waals surface area (Å²) in [7, 11) is 0. The maximum atomic E-state index is 11.5. The molecule has 1 saturated heterocycles. The summed E-state index contributed by atoms with van der Waals surface area (Å²) >= 11 is 0. The third-order valence-electron chi connectivity index (χ3n) is 4.15. The zero-order valence-corrected chi connectivity index (χ0v) is 12.3. The molecular formula is C16H23NO3.